The Balaban J connectivity index is 1.27. The molecule has 32 heavy (non-hydrogen) atoms. The first kappa shape index (κ1) is 23.2. The fraction of sp³-hybridized carbons (Fsp3) is 0.476. The standard InChI is InChI=1S/C21H23F3N2O4S2/c22-14-10-17(23)16(18(24)11-14)12-19(27)25-13-15-3-4-21(30-15)5-7-26(8-6-21)32(28,29)20-2-1-9-31-20/h1-2,9-11,15H,3-8,12-13H2,(H,25,27)/t15-/m0/s1. The molecule has 1 spiro atoms. The van der Waals surface area contributed by atoms with Gasteiger partial charge in [0, 0.05) is 37.3 Å². The van der Waals surface area contributed by atoms with Crippen molar-refractivity contribution in [3.05, 3.63) is 52.7 Å². The zero-order valence-corrected chi connectivity index (χ0v) is 18.8. The molecule has 0 unspecified atom stereocenters. The summed E-state index contributed by atoms with van der Waals surface area (Å²) in [6.45, 7) is 0.910. The molecule has 2 fully saturated rings. The maximum atomic E-state index is 13.7. The Morgan fingerprint density at radius 1 is 1.19 bits per heavy atom. The van der Waals surface area contributed by atoms with E-state index in [1.54, 1.807) is 17.5 Å². The highest BCUT2D eigenvalue weighted by Crippen LogP contribution is 2.40. The summed E-state index contributed by atoms with van der Waals surface area (Å²) in [4.78, 5) is 12.1. The van der Waals surface area contributed by atoms with Gasteiger partial charge in [-0.3, -0.25) is 4.79 Å². The van der Waals surface area contributed by atoms with Crippen molar-refractivity contribution < 1.29 is 31.1 Å². The molecule has 2 saturated heterocycles. The number of nitrogens with zero attached hydrogens (tertiary/aromatic N) is 1. The number of benzene rings is 1. The van der Waals surface area contributed by atoms with E-state index in [4.69, 9.17) is 4.74 Å². The van der Waals surface area contributed by atoms with Gasteiger partial charge in [-0.2, -0.15) is 4.31 Å². The second-order valence-electron chi connectivity index (χ2n) is 8.13. The number of amides is 1. The third-order valence-corrected chi connectivity index (χ3v) is 9.30. The van der Waals surface area contributed by atoms with Crippen molar-refractivity contribution >= 4 is 27.3 Å². The van der Waals surface area contributed by atoms with Gasteiger partial charge in [0.2, 0.25) is 5.91 Å². The fourth-order valence-electron chi connectivity index (χ4n) is 4.27. The first-order valence-electron chi connectivity index (χ1n) is 10.3. The predicted octanol–water partition coefficient (Wildman–Crippen LogP) is 3.23. The average Bonchev–Trinajstić information content (AvgIpc) is 3.41. The number of thiophene rings is 1. The molecule has 2 aromatic rings. The highest BCUT2D eigenvalue weighted by molar-refractivity contribution is 7.91. The van der Waals surface area contributed by atoms with Crippen LogP contribution in [-0.2, 0) is 26.0 Å². The summed E-state index contributed by atoms with van der Waals surface area (Å²) in [5, 5.41) is 4.35. The molecule has 0 saturated carbocycles. The molecule has 1 aromatic heterocycles. The Kier molecular flexibility index (Phi) is 6.62. The number of carbonyl (C=O) groups excluding carboxylic acids is 1. The topological polar surface area (TPSA) is 75.7 Å². The molecule has 11 heteroatoms. The molecule has 2 aliphatic heterocycles. The van der Waals surface area contributed by atoms with Crippen LogP contribution in [0.2, 0.25) is 0 Å². The lowest BCUT2D eigenvalue weighted by Gasteiger charge is -2.38. The van der Waals surface area contributed by atoms with Gasteiger partial charge in [-0.05, 0) is 37.1 Å². The van der Waals surface area contributed by atoms with Gasteiger partial charge in [0.25, 0.3) is 10.0 Å². The fourth-order valence-corrected chi connectivity index (χ4v) is 6.86. The van der Waals surface area contributed by atoms with E-state index in [-0.39, 0.29) is 12.6 Å². The smallest absolute Gasteiger partial charge is 0.252 e. The number of carbonyl (C=O) groups is 1. The van der Waals surface area contributed by atoms with Crippen LogP contribution in [0.25, 0.3) is 0 Å². The van der Waals surface area contributed by atoms with Gasteiger partial charge < -0.3 is 10.1 Å². The molecule has 1 atom stereocenters. The van der Waals surface area contributed by atoms with E-state index in [0.29, 0.717) is 48.7 Å². The summed E-state index contributed by atoms with van der Waals surface area (Å²) in [5.41, 5.74) is -0.904. The summed E-state index contributed by atoms with van der Waals surface area (Å²) in [5.74, 6) is -3.82. The average molecular weight is 489 g/mol. The maximum absolute atomic E-state index is 13.7. The highest BCUT2D eigenvalue weighted by atomic mass is 32.2. The van der Waals surface area contributed by atoms with Crippen molar-refractivity contribution in [2.75, 3.05) is 19.6 Å². The molecule has 0 bridgehead atoms. The van der Waals surface area contributed by atoms with Gasteiger partial charge in [0.1, 0.15) is 21.7 Å². The molecule has 1 amide bonds. The number of rotatable bonds is 6. The number of hydrogen-bond donors (Lipinski definition) is 1. The van der Waals surface area contributed by atoms with Gasteiger partial charge in [-0.25, -0.2) is 21.6 Å². The molecular weight excluding hydrogens is 465 g/mol. The lowest BCUT2D eigenvalue weighted by molar-refractivity contribution is -0.122. The molecule has 1 aromatic carbocycles. The number of nitrogens with one attached hydrogen (secondary N) is 1. The van der Waals surface area contributed by atoms with Gasteiger partial charge in [0.05, 0.1) is 18.1 Å². The second-order valence-corrected chi connectivity index (χ2v) is 11.2. The Morgan fingerprint density at radius 3 is 2.50 bits per heavy atom. The Bertz CT molecular complexity index is 1060. The van der Waals surface area contributed by atoms with E-state index in [1.165, 1.54) is 15.6 Å². The monoisotopic (exact) mass is 488 g/mol. The predicted molar refractivity (Wildman–Crippen MR) is 112 cm³/mol. The first-order chi connectivity index (χ1) is 15.2. The Hall–Kier alpha value is -1.95. The van der Waals surface area contributed by atoms with Crippen molar-refractivity contribution in [1.82, 2.24) is 9.62 Å². The van der Waals surface area contributed by atoms with Crippen molar-refractivity contribution in [2.24, 2.45) is 0 Å². The molecule has 4 rings (SSSR count). The minimum absolute atomic E-state index is 0.183. The third-order valence-electron chi connectivity index (χ3n) is 6.03. The van der Waals surface area contributed by atoms with Gasteiger partial charge in [-0.1, -0.05) is 6.07 Å². The van der Waals surface area contributed by atoms with Crippen LogP contribution in [0.5, 0.6) is 0 Å². The molecule has 6 nitrogen and oxygen atoms in total. The maximum Gasteiger partial charge on any atom is 0.252 e. The molecule has 2 aliphatic rings. The third kappa shape index (κ3) is 4.85. The normalized spacial score (nSPS) is 21.2. The SMILES string of the molecule is O=C(Cc1c(F)cc(F)cc1F)NC[C@@H]1CCC2(CCN(S(=O)(=O)c3cccs3)CC2)O1. The summed E-state index contributed by atoms with van der Waals surface area (Å²) < 4.78 is 73.8. The van der Waals surface area contributed by atoms with E-state index in [2.05, 4.69) is 5.32 Å². The summed E-state index contributed by atoms with van der Waals surface area (Å²) >= 11 is 1.19. The van der Waals surface area contributed by atoms with Crippen LogP contribution in [0.1, 0.15) is 31.2 Å². The van der Waals surface area contributed by atoms with Gasteiger partial charge in [-0.15, -0.1) is 11.3 Å². The number of hydrogen-bond acceptors (Lipinski definition) is 5. The lowest BCUT2D eigenvalue weighted by atomic mass is 9.89. The van der Waals surface area contributed by atoms with Crippen LogP contribution in [0.4, 0.5) is 13.2 Å². The van der Waals surface area contributed by atoms with Crippen molar-refractivity contribution in [2.45, 2.75) is 48.0 Å². The summed E-state index contributed by atoms with van der Waals surface area (Å²) in [6.07, 6.45) is 1.77. The quantitative estimate of drug-likeness (QED) is 0.678. The zero-order chi connectivity index (χ0) is 22.9. The van der Waals surface area contributed by atoms with E-state index < -0.39 is 51.0 Å². The molecule has 0 aliphatic carbocycles. The summed E-state index contributed by atoms with van der Waals surface area (Å²) in [6, 6.07) is 4.39. The van der Waals surface area contributed by atoms with E-state index in [1.807, 2.05) is 0 Å². The Labute approximate surface area is 188 Å². The second kappa shape index (κ2) is 9.12. The molecule has 1 N–H and O–H groups in total. The number of ether oxygens (including phenoxy) is 1. The first-order valence-corrected chi connectivity index (χ1v) is 12.6. The van der Waals surface area contributed by atoms with Gasteiger partial charge in [0.15, 0.2) is 0 Å². The van der Waals surface area contributed by atoms with Crippen molar-refractivity contribution in [1.29, 1.82) is 0 Å². The highest BCUT2D eigenvalue weighted by Gasteiger charge is 2.44. The van der Waals surface area contributed by atoms with Crippen LogP contribution in [0, 0.1) is 17.5 Å². The number of sulfonamides is 1. The molecular formula is C21H23F3N2O4S2. The number of halogens is 3. The van der Waals surface area contributed by atoms with E-state index in [0.717, 1.165) is 6.42 Å². The number of piperidine rings is 1. The minimum Gasteiger partial charge on any atom is -0.370 e. The van der Waals surface area contributed by atoms with Crippen molar-refractivity contribution in [3.63, 3.8) is 0 Å². The molecule has 3 heterocycles. The van der Waals surface area contributed by atoms with E-state index >= 15 is 0 Å². The van der Waals surface area contributed by atoms with Crippen LogP contribution in [0.3, 0.4) is 0 Å². The molecule has 0 radical (unpaired) electrons. The minimum atomic E-state index is -3.48. The lowest BCUT2D eigenvalue weighted by Crippen LogP contribution is -2.47. The molecule has 174 valence electrons. The Morgan fingerprint density at radius 2 is 1.88 bits per heavy atom. The van der Waals surface area contributed by atoms with E-state index in [9.17, 15) is 26.4 Å². The van der Waals surface area contributed by atoms with Crippen LogP contribution in [-0.4, -0.2) is 50.0 Å². The zero-order valence-electron chi connectivity index (χ0n) is 17.2. The van der Waals surface area contributed by atoms with Crippen LogP contribution >= 0.6 is 11.3 Å². The van der Waals surface area contributed by atoms with Crippen LogP contribution < -0.4 is 5.32 Å². The summed E-state index contributed by atoms with van der Waals surface area (Å²) in [7, 11) is -3.48. The largest absolute Gasteiger partial charge is 0.370 e. The van der Waals surface area contributed by atoms with Gasteiger partial charge >= 0.3 is 0 Å². The van der Waals surface area contributed by atoms with Crippen molar-refractivity contribution in [3.8, 4) is 0 Å². The van der Waals surface area contributed by atoms with Crippen LogP contribution in [0.15, 0.2) is 33.9 Å².